The summed E-state index contributed by atoms with van der Waals surface area (Å²) in [6.45, 7) is 4.81. The lowest BCUT2D eigenvalue weighted by Gasteiger charge is -2.31. The average molecular weight is 184 g/mol. The largest absolute Gasteiger partial charge is 0.478 e. The number of carbonyl (C=O) groups is 2. The summed E-state index contributed by atoms with van der Waals surface area (Å²) in [5, 5.41) is 8.88. The van der Waals surface area contributed by atoms with Crippen LogP contribution in [0.25, 0.3) is 0 Å². The highest BCUT2D eigenvalue weighted by Gasteiger charge is 2.38. The fourth-order valence-electron chi connectivity index (χ4n) is 1.63. The first kappa shape index (κ1) is 9.77. The van der Waals surface area contributed by atoms with Crippen molar-refractivity contribution >= 4 is 11.9 Å². The van der Waals surface area contributed by atoms with Crippen LogP contribution in [0.3, 0.4) is 0 Å². The van der Waals surface area contributed by atoms with Crippen LogP contribution in [0, 0.1) is 0 Å². The van der Waals surface area contributed by atoms with Crippen LogP contribution >= 0.6 is 0 Å². The van der Waals surface area contributed by atoms with Crippen molar-refractivity contribution in [1.29, 1.82) is 0 Å². The second-order valence-corrected chi connectivity index (χ2v) is 3.62. The molecule has 0 radical (unpaired) electrons. The molecule has 1 heterocycles. The molecule has 0 saturated heterocycles. The number of aliphatic carboxylic acids is 1. The van der Waals surface area contributed by atoms with Crippen molar-refractivity contribution in [3.63, 3.8) is 0 Å². The van der Waals surface area contributed by atoms with Gasteiger partial charge in [-0.25, -0.2) is 4.79 Å². The van der Waals surface area contributed by atoms with Gasteiger partial charge in [-0.15, -0.1) is 0 Å². The normalized spacial score (nSPS) is 21.3. The van der Waals surface area contributed by atoms with Crippen molar-refractivity contribution in [3.8, 4) is 0 Å². The van der Waals surface area contributed by atoms with E-state index in [1.165, 1.54) is 0 Å². The molecular formula is C9H12O4. The number of carbonyl (C=O) groups excluding carboxylic acids is 1. The highest BCUT2D eigenvalue weighted by molar-refractivity contribution is 5.93. The molecule has 0 aromatic rings. The van der Waals surface area contributed by atoms with Gasteiger partial charge in [0.15, 0.2) is 0 Å². The van der Waals surface area contributed by atoms with Gasteiger partial charge in [-0.05, 0) is 26.3 Å². The number of cyclic esters (lactones) is 1. The summed E-state index contributed by atoms with van der Waals surface area (Å²) in [5.41, 5.74) is -0.244. The maximum Gasteiger partial charge on any atom is 0.335 e. The maximum absolute atomic E-state index is 11.0. The van der Waals surface area contributed by atoms with Crippen molar-refractivity contribution in [1.82, 2.24) is 0 Å². The van der Waals surface area contributed by atoms with Crippen LogP contribution in [0.2, 0.25) is 0 Å². The third kappa shape index (κ3) is 1.71. The van der Waals surface area contributed by atoms with E-state index in [9.17, 15) is 9.59 Å². The van der Waals surface area contributed by atoms with Crippen LogP contribution < -0.4 is 0 Å². The van der Waals surface area contributed by atoms with Crippen LogP contribution in [0.15, 0.2) is 11.1 Å². The minimum absolute atomic E-state index is 0.0745. The minimum Gasteiger partial charge on any atom is -0.478 e. The Kier molecular flexibility index (Phi) is 2.15. The number of ether oxygens (including phenoxy) is 1. The van der Waals surface area contributed by atoms with Crippen LogP contribution in [-0.2, 0) is 14.3 Å². The fourth-order valence-corrected chi connectivity index (χ4v) is 1.63. The van der Waals surface area contributed by atoms with Crippen LogP contribution in [0.4, 0.5) is 0 Å². The van der Waals surface area contributed by atoms with E-state index >= 15 is 0 Å². The molecule has 72 valence electrons. The van der Waals surface area contributed by atoms with E-state index in [1.54, 1.807) is 20.8 Å². The van der Waals surface area contributed by atoms with Crippen LogP contribution in [0.1, 0.15) is 27.2 Å². The fraction of sp³-hybridized carbons (Fsp3) is 0.556. The molecule has 1 aliphatic rings. The summed E-state index contributed by atoms with van der Waals surface area (Å²) in [6, 6.07) is 0. The lowest BCUT2D eigenvalue weighted by atomic mass is 9.89. The van der Waals surface area contributed by atoms with Gasteiger partial charge in [0.25, 0.3) is 0 Å². The lowest BCUT2D eigenvalue weighted by Crippen LogP contribution is -2.38. The lowest BCUT2D eigenvalue weighted by molar-refractivity contribution is -0.156. The summed E-state index contributed by atoms with van der Waals surface area (Å²) in [5.74, 6) is -1.39. The van der Waals surface area contributed by atoms with Gasteiger partial charge in [0, 0.05) is 0 Å². The van der Waals surface area contributed by atoms with Crippen molar-refractivity contribution in [3.05, 3.63) is 11.1 Å². The zero-order chi connectivity index (χ0) is 10.2. The number of carboxylic acid groups (broad SMARTS) is 1. The van der Waals surface area contributed by atoms with Gasteiger partial charge < -0.3 is 9.84 Å². The summed E-state index contributed by atoms with van der Waals surface area (Å²) in [4.78, 5) is 21.8. The second-order valence-electron chi connectivity index (χ2n) is 3.62. The van der Waals surface area contributed by atoms with Gasteiger partial charge in [0.2, 0.25) is 0 Å². The first-order chi connectivity index (χ1) is 5.84. The third-order valence-corrected chi connectivity index (χ3v) is 2.02. The highest BCUT2D eigenvalue weighted by atomic mass is 16.6. The van der Waals surface area contributed by atoms with E-state index in [1.807, 2.05) is 0 Å². The molecule has 0 aromatic heterocycles. The van der Waals surface area contributed by atoms with Crippen molar-refractivity contribution in [2.75, 3.05) is 0 Å². The van der Waals surface area contributed by atoms with E-state index in [0.29, 0.717) is 5.57 Å². The Balaban J connectivity index is 3.19. The van der Waals surface area contributed by atoms with Gasteiger partial charge in [0.1, 0.15) is 5.60 Å². The predicted octanol–water partition coefficient (Wildman–Crippen LogP) is 1.11. The molecule has 1 rings (SSSR count). The Morgan fingerprint density at radius 1 is 1.54 bits per heavy atom. The SMILES string of the molecule is CC1=C(C(=O)O)C(C)(C)OC(=O)C1. The monoisotopic (exact) mass is 184 g/mol. The Bertz CT molecular complexity index is 299. The van der Waals surface area contributed by atoms with Crippen molar-refractivity contribution in [2.24, 2.45) is 0 Å². The molecule has 0 spiro atoms. The van der Waals surface area contributed by atoms with Gasteiger partial charge >= 0.3 is 11.9 Å². The van der Waals surface area contributed by atoms with Crippen molar-refractivity contribution in [2.45, 2.75) is 32.8 Å². The maximum atomic E-state index is 11.0. The zero-order valence-electron chi connectivity index (χ0n) is 7.88. The molecule has 4 heteroatoms. The standard InChI is InChI=1S/C9H12O4/c1-5-4-6(10)13-9(2,3)7(5)8(11)12/h4H2,1-3H3,(H,11,12). The van der Waals surface area contributed by atoms with Crippen LogP contribution in [-0.4, -0.2) is 22.6 Å². The Labute approximate surface area is 76.2 Å². The summed E-state index contributed by atoms with van der Waals surface area (Å²) < 4.78 is 4.94. The molecule has 0 fully saturated rings. The molecule has 1 N–H and O–H groups in total. The second kappa shape index (κ2) is 2.87. The Hall–Kier alpha value is -1.32. The first-order valence-electron chi connectivity index (χ1n) is 4.00. The van der Waals surface area contributed by atoms with Crippen molar-refractivity contribution < 1.29 is 19.4 Å². The molecule has 4 nitrogen and oxygen atoms in total. The average Bonchev–Trinajstić information content (AvgIpc) is 1.78. The smallest absolute Gasteiger partial charge is 0.335 e. The van der Waals surface area contributed by atoms with Gasteiger partial charge in [-0.3, -0.25) is 4.79 Å². The highest BCUT2D eigenvalue weighted by Crippen LogP contribution is 2.30. The van der Waals surface area contributed by atoms with Gasteiger partial charge in [-0.1, -0.05) is 0 Å². The number of esters is 1. The molecular weight excluding hydrogens is 172 g/mol. The zero-order valence-corrected chi connectivity index (χ0v) is 7.88. The summed E-state index contributed by atoms with van der Waals surface area (Å²) in [7, 11) is 0. The molecule has 0 bridgehead atoms. The van der Waals surface area contributed by atoms with Gasteiger partial charge in [-0.2, -0.15) is 0 Å². The Morgan fingerprint density at radius 2 is 2.08 bits per heavy atom. The number of hydrogen-bond donors (Lipinski definition) is 1. The number of carboxylic acids is 1. The molecule has 1 aliphatic heterocycles. The molecule has 0 saturated carbocycles. The minimum atomic E-state index is -1.02. The summed E-state index contributed by atoms with van der Waals surface area (Å²) in [6.07, 6.45) is 0.0745. The van der Waals surface area contributed by atoms with E-state index in [4.69, 9.17) is 9.84 Å². The first-order valence-corrected chi connectivity index (χ1v) is 4.00. The molecule has 0 atom stereocenters. The number of hydrogen-bond acceptors (Lipinski definition) is 3. The van der Waals surface area contributed by atoms with E-state index < -0.39 is 11.6 Å². The summed E-state index contributed by atoms with van der Waals surface area (Å²) >= 11 is 0. The molecule has 0 unspecified atom stereocenters. The van der Waals surface area contributed by atoms with E-state index in [-0.39, 0.29) is 18.0 Å². The topological polar surface area (TPSA) is 63.6 Å². The third-order valence-electron chi connectivity index (χ3n) is 2.02. The Morgan fingerprint density at radius 3 is 2.46 bits per heavy atom. The molecule has 0 aliphatic carbocycles. The molecule has 13 heavy (non-hydrogen) atoms. The van der Waals surface area contributed by atoms with Gasteiger partial charge in [0.05, 0.1) is 12.0 Å². The van der Waals surface area contributed by atoms with E-state index in [0.717, 1.165) is 0 Å². The number of rotatable bonds is 1. The predicted molar refractivity (Wildman–Crippen MR) is 45.1 cm³/mol. The van der Waals surface area contributed by atoms with Crippen LogP contribution in [0.5, 0.6) is 0 Å². The molecule has 0 aromatic carbocycles. The quantitative estimate of drug-likeness (QED) is 0.620. The molecule has 0 amide bonds. The van der Waals surface area contributed by atoms with E-state index in [2.05, 4.69) is 0 Å².